The zero-order valence-electron chi connectivity index (χ0n) is 23.3. The Bertz CT molecular complexity index is 1980. The molecule has 0 aliphatic carbocycles. The zero-order valence-corrected chi connectivity index (χ0v) is 23.3. The van der Waals surface area contributed by atoms with E-state index in [1.807, 2.05) is 18.2 Å². The van der Waals surface area contributed by atoms with Gasteiger partial charge in [0.2, 0.25) is 0 Å². The van der Waals surface area contributed by atoms with Crippen LogP contribution in [0.5, 0.6) is 0 Å². The Morgan fingerprint density at radius 1 is 0.419 bits per heavy atom. The van der Waals surface area contributed by atoms with Gasteiger partial charge in [0.05, 0.1) is 11.4 Å². The first kappa shape index (κ1) is 25.5. The minimum absolute atomic E-state index is 0.211. The van der Waals surface area contributed by atoms with Crippen molar-refractivity contribution in [2.75, 3.05) is 0 Å². The zero-order chi connectivity index (χ0) is 28.6. The van der Waals surface area contributed by atoms with Crippen LogP contribution < -0.4 is 10.9 Å². The van der Waals surface area contributed by atoms with Crippen LogP contribution >= 0.6 is 0 Å². The van der Waals surface area contributed by atoms with Crippen LogP contribution in [0, 0.1) is 0 Å². The van der Waals surface area contributed by atoms with Gasteiger partial charge in [0.15, 0.2) is 5.82 Å². The van der Waals surface area contributed by atoms with E-state index in [2.05, 4.69) is 138 Å². The van der Waals surface area contributed by atoms with E-state index in [0.29, 0.717) is 5.82 Å². The lowest BCUT2D eigenvalue weighted by molar-refractivity contribution is 0.0341. The van der Waals surface area contributed by atoms with Crippen LogP contribution in [0.2, 0.25) is 0 Å². The number of aromatic nitrogens is 2. The molecule has 0 radical (unpaired) electrons. The van der Waals surface area contributed by atoms with Crippen LogP contribution in [-0.4, -0.2) is 9.97 Å². The average molecular weight is 557 g/mol. The van der Waals surface area contributed by atoms with Crippen molar-refractivity contribution >= 4 is 21.5 Å². The second kappa shape index (κ2) is 10.9. The van der Waals surface area contributed by atoms with Crippen LogP contribution in [-0.2, 0) is 4.74 Å². The highest BCUT2D eigenvalue weighted by molar-refractivity contribution is 5.89. The predicted octanol–water partition coefficient (Wildman–Crippen LogP) is 8.61. The first-order valence-corrected chi connectivity index (χ1v) is 14.5. The highest BCUT2D eigenvalue weighted by Gasteiger charge is 2.26. The summed E-state index contributed by atoms with van der Waals surface area (Å²) in [5, 5.41) is 4.78. The summed E-state index contributed by atoms with van der Waals surface area (Å²) in [5.41, 5.74) is 13.5. The number of nitrogens with one attached hydrogen (secondary N) is 2. The van der Waals surface area contributed by atoms with Crippen molar-refractivity contribution in [3.05, 3.63) is 157 Å². The molecule has 5 heteroatoms. The molecule has 2 N–H and O–H groups in total. The molecule has 0 saturated carbocycles. The van der Waals surface area contributed by atoms with Crippen molar-refractivity contribution in [3.8, 4) is 33.9 Å². The van der Waals surface area contributed by atoms with Crippen LogP contribution in [0.3, 0.4) is 0 Å². The highest BCUT2D eigenvalue weighted by Crippen LogP contribution is 2.32. The van der Waals surface area contributed by atoms with E-state index in [-0.39, 0.29) is 12.5 Å². The summed E-state index contributed by atoms with van der Waals surface area (Å²) >= 11 is 0. The molecule has 1 saturated heterocycles. The topological polar surface area (TPSA) is 59.1 Å². The summed E-state index contributed by atoms with van der Waals surface area (Å²) in [7, 11) is 0. The number of rotatable bonds is 5. The number of ether oxygens (including phenoxy) is 1. The lowest BCUT2D eigenvalue weighted by Gasteiger charge is -2.13. The Labute approximate surface area is 249 Å². The average Bonchev–Trinajstić information content (AvgIpc) is 3.59. The largest absolute Gasteiger partial charge is 0.334 e. The van der Waals surface area contributed by atoms with Crippen molar-refractivity contribution in [2.45, 2.75) is 12.5 Å². The summed E-state index contributed by atoms with van der Waals surface area (Å²) < 4.78 is 6.25. The molecule has 0 bridgehead atoms. The molecule has 206 valence electrons. The van der Waals surface area contributed by atoms with Gasteiger partial charge in [-0.2, -0.15) is 0 Å². The third kappa shape index (κ3) is 5.07. The molecular formula is C38H28N4O. The van der Waals surface area contributed by atoms with Gasteiger partial charge >= 0.3 is 0 Å². The number of hydrogen-bond acceptors (Lipinski definition) is 5. The maximum atomic E-state index is 6.25. The Morgan fingerprint density at radius 3 is 1.44 bits per heavy atom. The summed E-state index contributed by atoms with van der Waals surface area (Å²) in [4.78, 5) is 10.2. The highest BCUT2D eigenvalue weighted by atomic mass is 16.5. The second-order valence-corrected chi connectivity index (χ2v) is 10.8. The molecule has 0 spiro atoms. The molecule has 0 amide bonds. The van der Waals surface area contributed by atoms with Crippen molar-refractivity contribution in [1.29, 1.82) is 0 Å². The van der Waals surface area contributed by atoms with Crippen molar-refractivity contribution in [1.82, 2.24) is 20.8 Å². The molecule has 1 aliphatic rings. The standard InChI is InChI=1S/C38H28N4O/c1-2-10-28(11-3-1)37-41-42-38(43-37)29-18-16-27(17-19-29)36-39-34(32-20-14-25-8-4-6-12-30(25)22-32)24-35(40-36)33-21-15-26-9-5-7-13-31(26)23-33/h1-24,37-38,41-42H. The van der Waals surface area contributed by atoms with Gasteiger partial charge in [-0.15, -0.1) is 0 Å². The fourth-order valence-corrected chi connectivity index (χ4v) is 5.68. The van der Waals surface area contributed by atoms with Gasteiger partial charge in [0, 0.05) is 16.7 Å². The number of hydrogen-bond donors (Lipinski definition) is 2. The molecule has 5 nitrogen and oxygen atoms in total. The van der Waals surface area contributed by atoms with Crippen LogP contribution in [0.4, 0.5) is 0 Å². The molecule has 1 fully saturated rings. The first-order valence-electron chi connectivity index (χ1n) is 14.5. The van der Waals surface area contributed by atoms with E-state index in [4.69, 9.17) is 14.7 Å². The number of hydrazine groups is 1. The fraction of sp³-hybridized carbons (Fsp3) is 0.0526. The van der Waals surface area contributed by atoms with Gasteiger partial charge in [-0.25, -0.2) is 20.8 Å². The SMILES string of the molecule is c1ccc(C2NNC(c3ccc(-c4nc(-c5ccc6ccccc6c5)cc(-c5ccc6ccccc6c5)n4)cc3)O2)cc1. The van der Waals surface area contributed by atoms with Crippen molar-refractivity contribution < 1.29 is 4.74 Å². The molecule has 1 aromatic heterocycles. The van der Waals surface area contributed by atoms with Crippen molar-refractivity contribution in [2.24, 2.45) is 0 Å². The summed E-state index contributed by atoms with van der Waals surface area (Å²) in [6, 6.07) is 50.3. The van der Waals surface area contributed by atoms with E-state index in [1.54, 1.807) is 0 Å². The van der Waals surface area contributed by atoms with E-state index >= 15 is 0 Å². The molecule has 7 aromatic rings. The van der Waals surface area contributed by atoms with Gasteiger partial charge in [-0.1, -0.05) is 127 Å². The molecule has 2 heterocycles. The fourth-order valence-electron chi connectivity index (χ4n) is 5.68. The lowest BCUT2D eigenvalue weighted by atomic mass is 10.0. The molecule has 2 unspecified atom stereocenters. The van der Waals surface area contributed by atoms with E-state index in [0.717, 1.165) is 39.2 Å². The monoisotopic (exact) mass is 556 g/mol. The first-order chi connectivity index (χ1) is 21.3. The second-order valence-electron chi connectivity index (χ2n) is 10.8. The van der Waals surface area contributed by atoms with Gasteiger partial charge in [0.1, 0.15) is 12.5 Å². The van der Waals surface area contributed by atoms with E-state index in [9.17, 15) is 0 Å². The van der Waals surface area contributed by atoms with Crippen LogP contribution in [0.1, 0.15) is 23.6 Å². The number of fused-ring (bicyclic) bond motifs is 2. The maximum Gasteiger partial charge on any atom is 0.160 e. The smallest absolute Gasteiger partial charge is 0.160 e. The Morgan fingerprint density at radius 2 is 0.884 bits per heavy atom. The Balaban J connectivity index is 1.17. The number of nitrogens with zero attached hydrogens (tertiary/aromatic N) is 2. The Hall–Kier alpha value is -5.20. The third-order valence-corrected chi connectivity index (χ3v) is 8.01. The summed E-state index contributed by atoms with van der Waals surface area (Å²) in [5.74, 6) is 0.681. The quantitative estimate of drug-likeness (QED) is 0.222. The predicted molar refractivity (Wildman–Crippen MR) is 173 cm³/mol. The third-order valence-electron chi connectivity index (χ3n) is 8.01. The lowest BCUT2D eigenvalue weighted by Crippen LogP contribution is -2.26. The van der Waals surface area contributed by atoms with Crippen LogP contribution in [0.15, 0.2) is 146 Å². The number of benzene rings is 6. The van der Waals surface area contributed by atoms with Crippen molar-refractivity contribution in [3.63, 3.8) is 0 Å². The summed E-state index contributed by atoms with van der Waals surface area (Å²) in [6.07, 6.45) is -0.477. The molecule has 43 heavy (non-hydrogen) atoms. The summed E-state index contributed by atoms with van der Waals surface area (Å²) in [6.45, 7) is 0. The molecular weight excluding hydrogens is 528 g/mol. The maximum absolute atomic E-state index is 6.25. The van der Waals surface area contributed by atoms with Crippen LogP contribution in [0.25, 0.3) is 55.4 Å². The van der Waals surface area contributed by atoms with Gasteiger partial charge in [-0.3, -0.25) is 0 Å². The van der Waals surface area contributed by atoms with E-state index < -0.39 is 0 Å². The molecule has 6 aromatic carbocycles. The van der Waals surface area contributed by atoms with Gasteiger partial charge in [0.25, 0.3) is 0 Å². The molecule has 2 atom stereocenters. The molecule has 8 rings (SSSR count). The minimum atomic E-state index is -0.266. The van der Waals surface area contributed by atoms with E-state index in [1.165, 1.54) is 21.5 Å². The van der Waals surface area contributed by atoms with Gasteiger partial charge < -0.3 is 4.74 Å². The normalized spacial score (nSPS) is 16.6. The minimum Gasteiger partial charge on any atom is -0.334 e. The molecule has 1 aliphatic heterocycles. The Kier molecular flexibility index (Phi) is 6.46. The van der Waals surface area contributed by atoms with Gasteiger partial charge in [-0.05, 0) is 50.9 Å².